The van der Waals surface area contributed by atoms with Crippen LogP contribution in [0.3, 0.4) is 0 Å². The molecule has 124 valence electrons. The number of amides is 1. The molecular formula is C16H17FN6O. The highest BCUT2D eigenvalue weighted by molar-refractivity contribution is 5.92. The van der Waals surface area contributed by atoms with Gasteiger partial charge in [0.05, 0.1) is 25.0 Å². The predicted octanol–water partition coefficient (Wildman–Crippen LogP) is 1.69. The van der Waals surface area contributed by atoms with E-state index < -0.39 is 0 Å². The zero-order valence-corrected chi connectivity index (χ0v) is 13.3. The largest absolute Gasteiger partial charge is 0.344 e. The Morgan fingerprint density at radius 3 is 2.71 bits per heavy atom. The summed E-state index contributed by atoms with van der Waals surface area (Å²) in [6.45, 7) is 2.29. The Balaban J connectivity index is 1.64. The quantitative estimate of drug-likeness (QED) is 0.773. The van der Waals surface area contributed by atoms with Gasteiger partial charge in [-0.25, -0.2) is 9.07 Å². The van der Waals surface area contributed by atoms with Crippen molar-refractivity contribution in [3.8, 4) is 0 Å². The summed E-state index contributed by atoms with van der Waals surface area (Å²) >= 11 is 0. The Hall–Kier alpha value is -3.03. The number of nitrogens with zero attached hydrogens (tertiary/aromatic N) is 5. The lowest BCUT2D eigenvalue weighted by atomic mass is 10.2. The van der Waals surface area contributed by atoms with Crippen LogP contribution in [-0.2, 0) is 13.6 Å². The summed E-state index contributed by atoms with van der Waals surface area (Å²) in [6, 6.07) is 5.92. The molecule has 1 atom stereocenters. The number of hydrogen-bond acceptors (Lipinski definition) is 4. The molecule has 0 saturated carbocycles. The lowest BCUT2D eigenvalue weighted by Gasteiger charge is -2.10. The molecule has 0 aliphatic carbocycles. The normalized spacial score (nSPS) is 12.1. The van der Waals surface area contributed by atoms with Crippen molar-refractivity contribution in [1.29, 1.82) is 0 Å². The number of benzene rings is 1. The number of aromatic nitrogens is 5. The van der Waals surface area contributed by atoms with Crippen LogP contribution in [-0.4, -0.2) is 30.7 Å². The van der Waals surface area contributed by atoms with E-state index in [1.54, 1.807) is 29.2 Å². The second kappa shape index (κ2) is 6.61. The van der Waals surface area contributed by atoms with E-state index in [2.05, 4.69) is 20.7 Å². The molecule has 24 heavy (non-hydrogen) atoms. The highest BCUT2D eigenvalue weighted by Crippen LogP contribution is 2.11. The number of carbonyl (C=O) groups is 1. The van der Waals surface area contributed by atoms with E-state index in [4.69, 9.17) is 0 Å². The molecular weight excluding hydrogens is 311 g/mol. The minimum Gasteiger partial charge on any atom is -0.344 e. The molecule has 0 spiro atoms. The molecule has 0 radical (unpaired) electrons. The van der Waals surface area contributed by atoms with Gasteiger partial charge >= 0.3 is 0 Å². The van der Waals surface area contributed by atoms with Gasteiger partial charge in [0, 0.05) is 18.8 Å². The van der Waals surface area contributed by atoms with Crippen LogP contribution in [0.25, 0.3) is 0 Å². The summed E-state index contributed by atoms with van der Waals surface area (Å²) in [6.07, 6.45) is 5.11. The van der Waals surface area contributed by atoms with Crippen LogP contribution in [0.15, 0.2) is 42.9 Å². The fourth-order valence-corrected chi connectivity index (χ4v) is 2.27. The van der Waals surface area contributed by atoms with Crippen molar-refractivity contribution in [3.63, 3.8) is 0 Å². The summed E-state index contributed by atoms with van der Waals surface area (Å²) in [5.74, 6) is -0.599. The molecule has 1 N–H and O–H groups in total. The van der Waals surface area contributed by atoms with Crippen molar-refractivity contribution in [2.45, 2.75) is 19.5 Å². The van der Waals surface area contributed by atoms with Gasteiger partial charge in [-0.15, -0.1) is 5.10 Å². The van der Waals surface area contributed by atoms with Crippen LogP contribution in [0.5, 0.6) is 0 Å². The van der Waals surface area contributed by atoms with Crippen molar-refractivity contribution in [2.24, 2.45) is 7.05 Å². The lowest BCUT2D eigenvalue weighted by molar-refractivity contribution is 0.0934. The lowest BCUT2D eigenvalue weighted by Crippen LogP contribution is -2.26. The first kappa shape index (κ1) is 15.9. The molecule has 0 fully saturated rings. The molecule has 7 nitrogen and oxygen atoms in total. The molecule has 0 unspecified atom stereocenters. The third-order valence-electron chi connectivity index (χ3n) is 3.60. The van der Waals surface area contributed by atoms with E-state index in [1.165, 1.54) is 16.8 Å². The maximum Gasteiger partial charge on any atom is 0.273 e. The number of nitrogens with one attached hydrogen (secondary N) is 1. The first-order valence-electron chi connectivity index (χ1n) is 7.45. The summed E-state index contributed by atoms with van der Waals surface area (Å²) in [5.41, 5.74) is 2.01. The van der Waals surface area contributed by atoms with E-state index in [0.717, 1.165) is 11.1 Å². The van der Waals surface area contributed by atoms with Crippen LogP contribution in [0.4, 0.5) is 4.39 Å². The van der Waals surface area contributed by atoms with Crippen LogP contribution in [0.1, 0.15) is 34.6 Å². The first-order valence-corrected chi connectivity index (χ1v) is 7.45. The third-order valence-corrected chi connectivity index (χ3v) is 3.60. The molecule has 2 aromatic heterocycles. The van der Waals surface area contributed by atoms with Gasteiger partial charge in [0.2, 0.25) is 0 Å². The van der Waals surface area contributed by atoms with Crippen LogP contribution >= 0.6 is 0 Å². The number of carbonyl (C=O) groups excluding carboxylic acids is 1. The smallest absolute Gasteiger partial charge is 0.273 e. The highest BCUT2D eigenvalue weighted by Gasteiger charge is 2.15. The van der Waals surface area contributed by atoms with Crippen LogP contribution in [0, 0.1) is 5.82 Å². The highest BCUT2D eigenvalue weighted by atomic mass is 19.1. The number of aryl methyl sites for hydroxylation is 1. The first-order chi connectivity index (χ1) is 11.5. The predicted molar refractivity (Wildman–Crippen MR) is 84.6 cm³/mol. The van der Waals surface area contributed by atoms with Gasteiger partial charge in [-0.3, -0.25) is 9.48 Å². The summed E-state index contributed by atoms with van der Waals surface area (Å²) in [5, 5.41) is 14.8. The Morgan fingerprint density at radius 2 is 2.04 bits per heavy atom. The number of hydrogen-bond donors (Lipinski definition) is 1. The number of rotatable bonds is 5. The van der Waals surface area contributed by atoms with Crippen molar-refractivity contribution in [2.75, 3.05) is 0 Å². The van der Waals surface area contributed by atoms with E-state index in [-0.39, 0.29) is 23.5 Å². The number of halogens is 1. The van der Waals surface area contributed by atoms with Gasteiger partial charge in [0.25, 0.3) is 5.91 Å². The molecule has 2 heterocycles. The Labute approximate surface area is 138 Å². The molecule has 3 rings (SSSR count). The van der Waals surface area contributed by atoms with E-state index >= 15 is 0 Å². The fraction of sp³-hybridized carbons (Fsp3) is 0.250. The molecule has 3 aromatic rings. The van der Waals surface area contributed by atoms with Gasteiger partial charge in [0.15, 0.2) is 5.69 Å². The van der Waals surface area contributed by atoms with Gasteiger partial charge in [-0.05, 0) is 24.6 Å². The molecule has 0 saturated heterocycles. The summed E-state index contributed by atoms with van der Waals surface area (Å²) in [4.78, 5) is 12.2. The van der Waals surface area contributed by atoms with Gasteiger partial charge in [-0.1, -0.05) is 17.3 Å². The second-order valence-electron chi connectivity index (χ2n) is 5.57. The maximum atomic E-state index is 12.9. The van der Waals surface area contributed by atoms with Crippen molar-refractivity contribution in [1.82, 2.24) is 30.1 Å². The Bertz CT molecular complexity index is 838. The monoisotopic (exact) mass is 328 g/mol. The SMILES string of the molecule is C[C@@H](NC(=O)c1cn(Cc2ccc(F)cc2)nn1)c1cnn(C)c1. The van der Waals surface area contributed by atoms with E-state index in [0.29, 0.717) is 6.54 Å². The zero-order valence-electron chi connectivity index (χ0n) is 13.3. The van der Waals surface area contributed by atoms with E-state index in [9.17, 15) is 9.18 Å². The summed E-state index contributed by atoms with van der Waals surface area (Å²) < 4.78 is 16.1. The zero-order chi connectivity index (χ0) is 17.1. The fourth-order valence-electron chi connectivity index (χ4n) is 2.27. The molecule has 1 amide bonds. The Morgan fingerprint density at radius 1 is 1.29 bits per heavy atom. The van der Waals surface area contributed by atoms with Crippen LogP contribution < -0.4 is 5.32 Å². The van der Waals surface area contributed by atoms with Gasteiger partial charge in [0.1, 0.15) is 5.82 Å². The molecule has 0 aliphatic heterocycles. The minimum atomic E-state index is -0.309. The molecule has 1 aromatic carbocycles. The molecule has 0 aliphatic rings. The average molecular weight is 328 g/mol. The molecule has 0 bridgehead atoms. The van der Waals surface area contributed by atoms with Crippen molar-refractivity contribution in [3.05, 3.63) is 65.5 Å². The van der Waals surface area contributed by atoms with Gasteiger partial charge < -0.3 is 5.32 Å². The van der Waals surface area contributed by atoms with E-state index in [1.807, 2.05) is 20.2 Å². The van der Waals surface area contributed by atoms with Crippen molar-refractivity contribution < 1.29 is 9.18 Å². The average Bonchev–Trinajstić information content (AvgIpc) is 3.19. The third kappa shape index (κ3) is 3.65. The van der Waals surface area contributed by atoms with Crippen molar-refractivity contribution >= 4 is 5.91 Å². The topological polar surface area (TPSA) is 77.6 Å². The minimum absolute atomic E-state index is 0.187. The molecule has 8 heteroatoms. The second-order valence-corrected chi connectivity index (χ2v) is 5.57. The standard InChI is InChI=1S/C16H17FN6O/c1-11(13-7-18-22(2)9-13)19-16(24)15-10-23(21-20-15)8-12-3-5-14(17)6-4-12/h3-7,9-11H,8H2,1-2H3,(H,19,24)/t11-/m1/s1. The van der Waals surface area contributed by atoms with Crippen LogP contribution in [0.2, 0.25) is 0 Å². The summed E-state index contributed by atoms with van der Waals surface area (Å²) in [7, 11) is 1.82. The Kier molecular flexibility index (Phi) is 4.37. The maximum absolute atomic E-state index is 12.9. The van der Waals surface area contributed by atoms with Gasteiger partial charge in [-0.2, -0.15) is 5.10 Å².